The molecular formula is C19H18N2O3. The molecule has 0 saturated heterocycles. The van der Waals surface area contributed by atoms with Crippen LogP contribution in [-0.2, 0) is 11.4 Å². The summed E-state index contributed by atoms with van der Waals surface area (Å²) < 4.78 is 11.4. The number of benzene rings is 2. The predicted molar refractivity (Wildman–Crippen MR) is 91.8 cm³/mol. The van der Waals surface area contributed by atoms with Crippen LogP contribution in [0.25, 0.3) is 11.3 Å². The van der Waals surface area contributed by atoms with Crippen molar-refractivity contribution in [3.05, 3.63) is 66.2 Å². The Morgan fingerprint density at radius 3 is 2.71 bits per heavy atom. The lowest BCUT2D eigenvalue weighted by atomic mass is 10.2. The molecule has 0 aliphatic heterocycles. The van der Waals surface area contributed by atoms with E-state index in [-0.39, 0.29) is 12.5 Å². The second-order valence-electron chi connectivity index (χ2n) is 5.43. The van der Waals surface area contributed by atoms with Gasteiger partial charge in [-0.2, -0.15) is 0 Å². The number of oxazole rings is 1. The van der Waals surface area contributed by atoms with Crippen LogP contribution < -0.4 is 10.1 Å². The highest BCUT2D eigenvalue weighted by Gasteiger charge is 2.08. The Hall–Kier alpha value is -3.08. The Morgan fingerprint density at radius 2 is 2.00 bits per heavy atom. The van der Waals surface area contributed by atoms with Gasteiger partial charge in [-0.25, -0.2) is 4.98 Å². The highest BCUT2D eigenvalue weighted by atomic mass is 16.5. The van der Waals surface area contributed by atoms with Crippen LogP contribution in [0.3, 0.4) is 0 Å². The third-order valence-electron chi connectivity index (χ3n) is 3.48. The van der Waals surface area contributed by atoms with E-state index < -0.39 is 0 Å². The van der Waals surface area contributed by atoms with Crippen molar-refractivity contribution in [2.45, 2.75) is 20.5 Å². The number of carbonyl (C=O) groups is 1. The van der Waals surface area contributed by atoms with E-state index in [1.54, 1.807) is 12.3 Å². The van der Waals surface area contributed by atoms with Gasteiger partial charge in [0.15, 0.2) is 12.4 Å². The van der Waals surface area contributed by atoms with Crippen molar-refractivity contribution < 1.29 is 13.9 Å². The van der Waals surface area contributed by atoms with E-state index in [1.165, 1.54) is 6.92 Å². The van der Waals surface area contributed by atoms with Crippen molar-refractivity contribution in [2.24, 2.45) is 0 Å². The standard InChI is InChI=1S/C19H18N2O3/c1-13-10-16(8-9-17(13)21-14(2)22)23-12-19-20-11-18(24-19)15-6-4-3-5-7-15/h3-11H,12H2,1-2H3,(H,21,22). The molecule has 5 nitrogen and oxygen atoms in total. The monoisotopic (exact) mass is 322 g/mol. The normalized spacial score (nSPS) is 10.4. The molecule has 0 fully saturated rings. The average molecular weight is 322 g/mol. The molecule has 3 aromatic rings. The maximum absolute atomic E-state index is 11.1. The van der Waals surface area contributed by atoms with Gasteiger partial charge in [0, 0.05) is 18.2 Å². The second kappa shape index (κ2) is 7.00. The third-order valence-corrected chi connectivity index (χ3v) is 3.48. The van der Waals surface area contributed by atoms with Crippen LogP contribution in [0.2, 0.25) is 0 Å². The van der Waals surface area contributed by atoms with Crippen LogP contribution in [0.4, 0.5) is 5.69 Å². The number of amides is 1. The fourth-order valence-electron chi connectivity index (χ4n) is 2.31. The Morgan fingerprint density at radius 1 is 1.21 bits per heavy atom. The molecule has 1 amide bonds. The van der Waals surface area contributed by atoms with Crippen molar-refractivity contribution in [1.29, 1.82) is 0 Å². The van der Waals surface area contributed by atoms with Gasteiger partial charge in [0.1, 0.15) is 5.75 Å². The van der Waals surface area contributed by atoms with Crippen LogP contribution in [0, 0.1) is 6.92 Å². The molecule has 0 aliphatic carbocycles. The lowest BCUT2D eigenvalue weighted by Gasteiger charge is -2.09. The summed E-state index contributed by atoms with van der Waals surface area (Å²) in [5, 5.41) is 2.77. The van der Waals surface area contributed by atoms with Crippen LogP contribution >= 0.6 is 0 Å². The topological polar surface area (TPSA) is 64.4 Å². The molecule has 24 heavy (non-hydrogen) atoms. The van der Waals surface area contributed by atoms with Gasteiger partial charge < -0.3 is 14.5 Å². The molecule has 0 aliphatic rings. The summed E-state index contributed by atoms with van der Waals surface area (Å²) in [5.41, 5.74) is 2.68. The van der Waals surface area contributed by atoms with Crippen LogP contribution in [0.1, 0.15) is 18.4 Å². The SMILES string of the molecule is CC(=O)Nc1ccc(OCc2ncc(-c3ccccc3)o2)cc1C. The van der Waals surface area contributed by atoms with E-state index in [9.17, 15) is 4.79 Å². The lowest BCUT2D eigenvalue weighted by Crippen LogP contribution is -2.07. The summed E-state index contributed by atoms with van der Waals surface area (Å²) in [4.78, 5) is 15.4. The highest BCUT2D eigenvalue weighted by Crippen LogP contribution is 2.23. The number of aromatic nitrogens is 1. The molecule has 1 heterocycles. The number of carbonyl (C=O) groups excluding carboxylic acids is 1. The number of nitrogens with one attached hydrogen (secondary N) is 1. The molecule has 0 bridgehead atoms. The maximum Gasteiger partial charge on any atom is 0.232 e. The first-order valence-electron chi connectivity index (χ1n) is 7.63. The zero-order chi connectivity index (χ0) is 16.9. The van der Waals surface area contributed by atoms with Crippen molar-refractivity contribution in [3.8, 4) is 17.1 Å². The van der Waals surface area contributed by atoms with E-state index in [1.807, 2.05) is 49.4 Å². The van der Waals surface area contributed by atoms with Gasteiger partial charge in [0.05, 0.1) is 6.20 Å². The van der Waals surface area contributed by atoms with Gasteiger partial charge in [-0.05, 0) is 30.7 Å². The van der Waals surface area contributed by atoms with Crippen LogP contribution in [0.5, 0.6) is 5.75 Å². The summed E-state index contributed by atoms with van der Waals surface area (Å²) in [7, 11) is 0. The molecule has 1 aromatic heterocycles. The first-order chi connectivity index (χ1) is 11.6. The van der Waals surface area contributed by atoms with Gasteiger partial charge in [-0.3, -0.25) is 4.79 Å². The number of aryl methyl sites for hydroxylation is 1. The van der Waals surface area contributed by atoms with Gasteiger partial charge in [0.25, 0.3) is 0 Å². The van der Waals surface area contributed by atoms with E-state index >= 15 is 0 Å². The van der Waals surface area contributed by atoms with E-state index in [0.717, 1.165) is 16.8 Å². The quantitative estimate of drug-likeness (QED) is 0.765. The molecule has 3 rings (SSSR count). The van der Waals surface area contributed by atoms with Crippen molar-refractivity contribution >= 4 is 11.6 Å². The molecule has 2 aromatic carbocycles. The summed E-state index contributed by atoms with van der Waals surface area (Å²) in [6, 6.07) is 15.3. The second-order valence-corrected chi connectivity index (χ2v) is 5.43. The summed E-state index contributed by atoms with van der Waals surface area (Å²) in [6.07, 6.45) is 1.69. The Labute approximate surface area is 140 Å². The maximum atomic E-state index is 11.1. The summed E-state index contributed by atoms with van der Waals surface area (Å²) in [5.74, 6) is 1.82. The molecule has 5 heteroatoms. The minimum Gasteiger partial charge on any atom is -0.484 e. The van der Waals surface area contributed by atoms with E-state index in [2.05, 4.69) is 10.3 Å². The fourth-order valence-corrected chi connectivity index (χ4v) is 2.31. The zero-order valence-electron chi connectivity index (χ0n) is 13.6. The summed E-state index contributed by atoms with van der Waals surface area (Å²) >= 11 is 0. The number of hydrogen-bond acceptors (Lipinski definition) is 4. The molecule has 0 unspecified atom stereocenters. The predicted octanol–water partition coefficient (Wildman–Crippen LogP) is 4.19. The fraction of sp³-hybridized carbons (Fsp3) is 0.158. The number of anilines is 1. The number of hydrogen-bond donors (Lipinski definition) is 1. The smallest absolute Gasteiger partial charge is 0.232 e. The highest BCUT2D eigenvalue weighted by molar-refractivity contribution is 5.89. The first-order valence-corrected chi connectivity index (χ1v) is 7.63. The van der Waals surface area contributed by atoms with Gasteiger partial charge in [-0.15, -0.1) is 0 Å². The minimum atomic E-state index is -0.0972. The third kappa shape index (κ3) is 3.81. The minimum absolute atomic E-state index is 0.0972. The van der Waals surface area contributed by atoms with Crippen molar-refractivity contribution in [2.75, 3.05) is 5.32 Å². The number of rotatable bonds is 5. The number of nitrogens with zero attached hydrogens (tertiary/aromatic N) is 1. The molecule has 1 N–H and O–H groups in total. The van der Waals surface area contributed by atoms with E-state index in [4.69, 9.17) is 9.15 Å². The Balaban J connectivity index is 1.65. The van der Waals surface area contributed by atoms with Gasteiger partial charge >= 0.3 is 0 Å². The van der Waals surface area contributed by atoms with Crippen molar-refractivity contribution in [1.82, 2.24) is 4.98 Å². The Bertz CT molecular complexity index is 841. The molecule has 0 atom stereocenters. The molecule has 0 radical (unpaired) electrons. The average Bonchev–Trinajstić information content (AvgIpc) is 3.05. The molecule has 122 valence electrons. The van der Waals surface area contributed by atoms with E-state index in [0.29, 0.717) is 17.4 Å². The van der Waals surface area contributed by atoms with Crippen LogP contribution in [-0.4, -0.2) is 10.9 Å². The molecule has 0 saturated carbocycles. The number of ether oxygens (including phenoxy) is 1. The molecule has 0 spiro atoms. The largest absolute Gasteiger partial charge is 0.484 e. The Kier molecular flexibility index (Phi) is 4.61. The van der Waals surface area contributed by atoms with Gasteiger partial charge in [0.2, 0.25) is 11.8 Å². The van der Waals surface area contributed by atoms with Crippen molar-refractivity contribution in [3.63, 3.8) is 0 Å². The van der Waals surface area contributed by atoms with Gasteiger partial charge in [-0.1, -0.05) is 30.3 Å². The summed E-state index contributed by atoms with van der Waals surface area (Å²) in [6.45, 7) is 3.64. The zero-order valence-corrected chi connectivity index (χ0v) is 13.6. The van der Waals surface area contributed by atoms with Crippen LogP contribution in [0.15, 0.2) is 59.1 Å². The molecular weight excluding hydrogens is 304 g/mol. The first kappa shape index (κ1) is 15.8. The lowest BCUT2D eigenvalue weighted by molar-refractivity contribution is -0.114.